The van der Waals surface area contributed by atoms with Crippen LogP contribution in [0.2, 0.25) is 0 Å². The zero-order valence-electron chi connectivity index (χ0n) is 11.5. The van der Waals surface area contributed by atoms with Crippen LogP contribution in [0.4, 0.5) is 0 Å². The molecule has 1 aromatic rings. The van der Waals surface area contributed by atoms with Crippen molar-refractivity contribution < 1.29 is 14.3 Å². The topological polar surface area (TPSA) is 35.5 Å². The van der Waals surface area contributed by atoms with E-state index in [9.17, 15) is 4.79 Å². The van der Waals surface area contributed by atoms with Gasteiger partial charge >= 0.3 is 5.97 Å². The van der Waals surface area contributed by atoms with Crippen LogP contribution in [0.15, 0.2) is 55.8 Å². The smallest absolute Gasteiger partial charge is 0.333 e. The van der Waals surface area contributed by atoms with E-state index in [0.29, 0.717) is 5.75 Å². The number of rotatable bonds is 5. The van der Waals surface area contributed by atoms with Gasteiger partial charge < -0.3 is 9.47 Å². The second-order valence-electron chi connectivity index (χ2n) is 3.41. The number of benzene rings is 1. The number of ether oxygens (including phenoxy) is 2. The molecular weight excluding hydrogens is 240 g/mol. The summed E-state index contributed by atoms with van der Waals surface area (Å²) in [7, 11) is 1.31. The summed E-state index contributed by atoms with van der Waals surface area (Å²) in [5.74, 6) is 0.207. The maximum Gasteiger partial charge on any atom is 0.333 e. The molecule has 1 aromatic carbocycles. The maximum absolute atomic E-state index is 10.7. The number of carbonyl (C=O) groups excluding carboxylic acids is 1. The molecule has 0 fully saturated rings. The standard InChI is InChI=1S/C12H12O3.C4H8/c1-3-10-4-6-11(7-5-10)15-9-8-12(13)14-2;1-3-4-2/h3-9H,1H2,2H3;3H,1,4H2,2H3/b9-8+;. The van der Waals surface area contributed by atoms with Crippen molar-refractivity contribution in [3.8, 4) is 5.75 Å². The number of methoxy groups -OCH3 is 1. The van der Waals surface area contributed by atoms with Gasteiger partial charge in [-0.3, -0.25) is 0 Å². The highest BCUT2D eigenvalue weighted by molar-refractivity contribution is 5.81. The van der Waals surface area contributed by atoms with Crippen LogP contribution in [-0.4, -0.2) is 13.1 Å². The molecule has 0 aliphatic rings. The quantitative estimate of drug-likeness (QED) is 0.348. The Kier molecular flexibility index (Phi) is 9.53. The van der Waals surface area contributed by atoms with Gasteiger partial charge in [-0.2, -0.15) is 0 Å². The molecule has 0 N–H and O–H groups in total. The third-order valence-corrected chi connectivity index (χ3v) is 2.01. The molecule has 0 aromatic heterocycles. The predicted molar refractivity (Wildman–Crippen MR) is 78.8 cm³/mol. The second kappa shape index (κ2) is 10.8. The lowest BCUT2D eigenvalue weighted by Gasteiger charge is -1.99. The molecular formula is C16H20O3. The number of carbonyl (C=O) groups is 1. The molecule has 0 spiro atoms. The SMILES string of the molecule is C=CCC.C=Cc1ccc(O/C=C/C(=O)OC)cc1. The highest BCUT2D eigenvalue weighted by Crippen LogP contribution is 2.12. The fourth-order valence-corrected chi connectivity index (χ4v) is 0.919. The van der Waals surface area contributed by atoms with Crippen LogP contribution < -0.4 is 4.74 Å². The van der Waals surface area contributed by atoms with Crippen molar-refractivity contribution in [1.29, 1.82) is 0 Å². The van der Waals surface area contributed by atoms with E-state index in [1.807, 2.05) is 18.2 Å². The lowest BCUT2D eigenvalue weighted by atomic mass is 10.2. The maximum atomic E-state index is 10.7. The van der Waals surface area contributed by atoms with Crippen molar-refractivity contribution in [2.24, 2.45) is 0 Å². The van der Waals surface area contributed by atoms with Gasteiger partial charge in [-0.1, -0.05) is 37.8 Å². The normalized spacial score (nSPS) is 9.16. The van der Waals surface area contributed by atoms with Gasteiger partial charge in [0.05, 0.1) is 19.4 Å². The predicted octanol–water partition coefficient (Wildman–Crippen LogP) is 3.98. The van der Waals surface area contributed by atoms with E-state index in [0.717, 1.165) is 12.0 Å². The van der Waals surface area contributed by atoms with Crippen LogP contribution in [0.5, 0.6) is 5.75 Å². The minimum Gasteiger partial charge on any atom is -0.466 e. The molecule has 0 aliphatic heterocycles. The zero-order chi connectivity index (χ0) is 14.5. The van der Waals surface area contributed by atoms with Gasteiger partial charge in [-0.25, -0.2) is 4.79 Å². The Labute approximate surface area is 114 Å². The summed E-state index contributed by atoms with van der Waals surface area (Å²) in [6.45, 7) is 9.18. The first-order chi connectivity index (χ1) is 9.17. The van der Waals surface area contributed by atoms with E-state index in [1.165, 1.54) is 19.4 Å². The largest absolute Gasteiger partial charge is 0.466 e. The molecule has 19 heavy (non-hydrogen) atoms. The fourth-order valence-electron chi connectivity index (χ4n) is 0.919. The molecule has 0 saturated carbocycles. The van der Waals surface area contributed by atoms with Gasteiger partial charge in [0.15, 0.2) is 0 Å². The highest BCUT2D eigenvalue weighted by atomic mass is 16.5. The number of hydrogen-bond acceptors (Lipinski definition) is 3. The third kappa shape index (κ3) is 8.44. The van der Waals surface area contributed by atoms with Crippen LogP contribution in [-0.2, 0) is 9.53 Å². The summed E-state index contributed by atoms with van der Waals surface area (Å²) in [6.07, 6.45) is 7.20. The molecule has 1 rings (SSSR count). The van der Waals surface area contributed by atoms with E-state index in [4.69, 9.17) is 4.74 Å². The van der Waals surface area contributed by atoms with Gasteiger partial charge in [-0.15, -0.1) is 6.58 Å². The van der Waals surface area contributed by atoms with E-state index in [-0.39, 0.29) is 0 Å². The second-order valence-corrected chi connectivity index (χ2v) is 3.41. The number of allylic oxidation sites excluding steroid dienone is 1. The van der Waals surface area contributed by atoms with Crippen LogP contribution in [0, 0.1) is 0 Å². The third-order valence-electron chi connectivity index (χ3n) is 2.01. The molecule has 102 valence electrons. The Morgan fingerprint density at radius 1 is 1.26 bits per heavy atom. The Bertz CT molecular complexity index is 416. The first kappa shape index (κ1) is 16.7. The van der Waals surface area contributed by atoms with Crippen molar-refractivity contribution in [2.45, 2.75) is 13.3 Å². The van der Waals surface area contributed by atoms with Crippen LogP contribution >= 0.6 is 0 Å². The monoisotopic (exact) mass is 260 g/mol. The summed E-state index contributed by atoms with van der Waals surface area (Å²) in [5.41, 5.74) is 1.01. The Hall–Kier alpha value is -2.29. The average molecular weight is 260 g/mol. The summed E-state index contributed by atoms with van der Waals surface area (Å²) >= 11 is 0. The minimum atomic E-state index is -0.447. The van der Waals surface area contributed by atoms with Gasteiger partial charge in [0.25, 0.3) is 0 Å². The fraction of sp³-hybridized carbons (Fsp3) is 0.188. The Balaban J connectivity index is 0.000000711. The van der Waals surface area contributed by atoms with Crippen molar-refractivity contribution in [2.75, 3.05) is 7.11 Å². The molecule has 0 saturated heterocycles. The molecule has 0 heterocycles. The molecule has 0 aliphatic carbocycles. The summed E-state index contributed by atoms with van der Waals surface area (Å²) < 4.78 is 9.57. The van der Waals surface area contributed by atoms with Gasteiger partial charge in [0.2, 0.25) is 0 Å². The lowest BCUT2D eigenvalue weighted by molar-refractivity contribution is -0.134. The molecule has 0 radical (unpaired) electrons. The Morgan fingerprint density at radius 2 is 1.84 bits per heavy atom. The summed E-state index contributed by atoms with van der Waals surface area (Å²) in [6, 6.07) is 7.32. The highest BCUT2D eigenvalue weighted by Gasteiger charge is 1.92. The van der Waals surface area contributed by atoms with Gasteiger partial charge in [0.1, 0.15) is 5.75 Å². The van der Waals surface area contributed by atoms with E-state index < -0.39 is 5.97 Å². The van der Waals surface area contributed by atoms with Crippen molar-refractivity contribution in [3.63, 3.8) is 0 Å². The first-order valence-electron chi connectivity index (χ1n) is 5.92. The summed E-state index contributed by atoms with van der Waals surface area (Å²) in [4.78, 5) is 10.7. The van der Waals surface area contributed by atoms with Crippen molar-refractivity contribution in [3.05, 3.63) is 61.4 Å². The van der Waals surface area contributed by atoms with E-state index in [1.54, 1.807) is 18.2 Å². The average Bonchev–Trinajstić information content (AvgIpc) is 2.48. The first-order valence-corrected chi connectivity index (χ1v) is 5.92. The number of esters is 1. The van der Waals surface area contributed by atoms with Crippen molar-refractivity contribution in [1.82, 2.24) is 0 Å². The Morgan fingerprint density at radius 3 is 2.26 bits per heavy atom. The van der Waals surface area contributed by atoms with E-state index >= 15 is 0 Å². The summed E-state index contributed by atoms with van der Waals surface area (Å²) in [5, 5.41) is 0. The van der Waals surface area contributed by atoms with Gasteiger partial charge in [0, 0.05) is 0 Å². The molecule has 3 nitrogen and oxygen atoms in total. The lowest BCUT2D eigenvalue weighted by Crippen LogP contribution is -1.95. The van der Waals surface area contributed by atoms with Crippen LogP contribution in [0.25, 0.3) is 6.08 Å². The van der Waals surface area contributed by atoms with Gasteiger partial charge in [-0.05, 0) is 24.1 Å². The molecule has 0 atom stereocenters. The minimum absolute atomic E-state index is 0.447. The van der Waals surface area contributed by atoms with E-state index in [2.05, 4.69) is 24.8 Å². The zero-order valence-corrected chi connectivity index (χ0v) is 11.5. The van der Waals surface area contributed by atoms with Crippen LogP contribution in [0.3, 0.4) is 0 Å². The van der Waals surface area contributed by atoms with Crippen LogP contribution in [0.1, 0.15) is 18.9 Å². The molecule has 3 heteroatoms. The van der Waals surface area contributed by atoms with Crippen molar-refractivity contribution >= 4 is 12.0 Å². The number of hydrogen-bond donors (Lipinski definition) is 0. The molecule has 0 bridgehead atoms. The molecule has 0 amide bonds. The molecule has 0 unspecified atom stereocenters.